The quantitative estimate of drug-likeness (QED) is 0.831. The van der Waals surface area contributed by atoms with Crippen molar-refractivity contribution in [3.05, 3.63) is 48.2 Å². The van der Waals surface area contributed by atoms with E-state index in [4.69, 9.17) is 0 Å². The van der Waals surface area contributed by atoms with Crippen LogP contribution >= 0.6 is 11.8 Å². The minimum Gasteiger partial charge on any atom is -0.340 e. The summed E-state index contributed by atoms with van der Waals surface area (Å²) in [7, 11) is 1.99. The summed E-state index contributed by atoms with van der Waals surface area (Å²) in [5, 5.41) is 0. The molecule has 5 heteroatoms. The van der Waals surface area contributed by atoms with E-state index in [2.05, 4.69) is 34.9 Å². The summed E-state index contributed by atoms with van der Waals surface area (Å²) in [5.74, 6) is 2.68. The summed E-state index contributed by atoms with van der Waals surface area (Å²) in [6.07, 6.45) is 2.21. The Morgan fingerprint density at radius 3 is 2.35 bits per heavy atom. The topological polar surface area (TPSA) is 28.5 Å². The second kappa shape index (κ2) is 7.89. The molecule has 0 saturated carbocycles. The minimum absolute atomic E-state index is 0.169. The molecule has 4 nitrogen and oxygen atoms in total. The number of aromatic nitrogens is 1. The molecule has 0 radical (unpaired) electrons. The van der Waals surface area contributed by atoms with Gasteiger partial charge in [0.15, 0.2) is 0 Å². The van der Waals surface area contributed by atoms with Crippen LogP contribution in [0.5, 0.6) is 0 Å². The van der Waals surface area contributed by atoms with Crippen LogP contribution in [0.3, 0.4) is 0 Å². The highest BCUT2D eigenvalue weighted by Gasteiger charge is 2.29. The summed E-state index contributed by atoms with van der Waals surface area (Å²) in [4.78, 5) is 17.7. The van der Waals surface area contributed by atoms with Gasteiger partial charge in [-0.25, -0.2) is 0 Å². The number of thioether (sulfide) groups is 1. The van der Waals surface area contributed by atoms with Crippen molar-refractivity contribution in [3.63, 3.8) is 0 Å². The molecule has 26 heavy (non-hydrogen) atoms. The first-order valence-corrected chi connectivity index (χ1v) is 10.7. The Labute approximate surface area is 160 Å². The second-order valence-electron chi connectivity index (χ2n) is 7.20. The maximum absolute atomic E-state index is 13.0. The average molecular weight is 370 g/mol. The Morgan fingerprint density at radius 2 is 1.65 bits per heavy atom. The molecule has 2 saturated heterocycles. The molecular weight excluding hydrogens is 342 g/mol. The van der Waals surface area contributed by atoms with Crippen LogP contribution in [0.15, 0.2) is 42.5 Å². The molecule has 2 fully saturated rings. The van der Waals surface area contributed by atoms with E-state index in [1.807, 2.05) is 40.8 Å². The fraction of sp³-hybridized carbons (Fsp3) is 0.476. The van der Waals surface area contributed by atoms with E-state index in [1.54, 1.807) is 0 Å². The largest absolute Gasteiger partial charge is 0.340 e. The summed E-state index contributed by atoms with van der Waals surface area (Å²) in [6.45, 7) is 4.17. The van der Waals surface area contributed by atoms with Crippen LogP contribution in [-0.2, 0) is 7.05 Å². The molecular formula is C21H27N3OS. The van der Waals surface area contributed by atoms with E-state index in [0.29, 0.717) is 6.04 Å². The molecule has 2 aromatic rings. The van der Waals surface area contributed by atoms with Gasteiger partial charge in [0.2, 0.25) is 0 Å². The van der Waals surface area contributed by atoms with E-state index >= 15 is 0 Å². The van der Waals surface area contributed by atoms with Gasteiger partial charge in [-0.05, 0) is 30.5 Å². The highest BCUT2D eigenvalue weighted by atomic mass is 32.2. The fourth-order valence-corrected chi connectivity index (χ4v) is 5.09. The normalized spacial score (nSPS) is 19.7. The SMILES string of the molecule is Cn1c(C(=O)N2CCC(N3CCSCC3)CC2)ccc1-c1ccccc1. The van der Waals surface area contributed by atoms with Gasteiger partial charge < -0.3 is 9.47 Å². The number of carbonyl (C=O) groups is 1. The van der Waals surface area contributed by atoms with Crippen molar-refractivity contribution >= 4 is 17.7 Å². The maximum Gasteiger partial charge on any atom is 0.270 e. The van der Waals surface area contributed by atoms with Gasteiger partial charge in [-0.2, -0.15) is 11.8 Å². The first-order chi connectivity index (χ1) is 12.7. The third kappa shape index (κ3) is 3.55. The molecule has 3 heterocycles. The zero-order chi connectivity index (χ0) is 17.9. The van der Waals surface area contributed by atoms with Gasteiger partial charge in [0.05, 0.1) is 0 Å². The average Bonchev–Trinajstić information content (AvgIpc) is 3.10. The maximum atomic E-state index is 13.0. The molecule has 138 valence electrons. The molecule has 0 atom stereocenters. The standard InChI is InChI=1S/C21H27N3OS/c1-22-19(17-5-3-2-4-6-17)7-8-20(22)21(25)24-11-9-18(10-12-24)23-13-15-26-16-14-23/h2-8,18H,9-16H2,1H3. The lowest BCUT2D eigenvalue weighted by Gasteiger charge is -2.40. The van der Waals surface area contributed by atoms with Crippen LogP contribution in [0.2, 0.25) is 0 Å². The molecule has 0 unspecified atom stereocenters. The van der Waals surface area contributed by atoms with Crippen LogP contribution in [-0.4, -0.2) is 64.0 Å². The molecule has 0 aliphatic carbocycles. The summed E-state index contributed by atoms with van der Waals surface area (Å²) < 4.78 is 2.03. The van der Waals surface area contributed by atoms with Gasteiger partial charge in [-0.15, -0.1) is 0 Å². The second-order valence-corrected chi connectivity index (χ2v) is 8.43. The lowest BCUT2D eigenvalue weighted by Crippen LogP contribution is -2.49. The Morgan fingerprint density at radius 1 is 0.962 bits per heavy atom. The van der Waals surface area contributed by atoms with Gasteiger partial charge in [0, 0.05) is 56.5 Å². The number of hydrogen-bond acceptors (Lipinski definition) is 3. The smallest absolute Gasteiger partial charge is 0.270 e. The van der Waals surface area contributed by atoms with Crippen molar-refractivity contribution in [2.45, 2.75) is 18.9 Å². The molecule has 0 N–H and O–H groups in total. The highest BCUT2D eigenvalue weighted by Crippen LogP contribution is 2.24. The Hall–Kier alpha value is -1.72. The Balaban J connectivity index is 1.42. The third-order valence-electron chi connectivity index (χ3n) is 5.72. The van der Waals surface area contributed by atoms with Crippen molar-refractivity contribution in [2.75, 3.05) is 37.7 Å². The molecule has 1 aromatic heterocycles. The Bertz CT molecular complexity index is 744. The van der Waals surface area contributed by atoms with Crippen LogP contribution in [0, 0.1) is 0 Å². The highest BCUT2D eigenvalue weighted by molar-refractivity contribution is 7.99. The van der Waals surface area contributed by atoms with Crippen molar-refractivity contribution in [2.24, 2.45) is 7.05 Å². The molecule has 2 aliphatic heterocycles. The van der Waals surface area contributed by atoms with Gasteiger partial charge >= 0.3 is 0 Å². The predicted molar refractivity (Wildman–Crippen MR) is 109 cm³/mol. The number of nitrogens with zero attached hydrogens (tertiary/aromatic N) is 3. The van der Waals surface area contributed by atoms with Gasteiger partial charge in [0.1, 0.15) is 5.69 Å². The molecule has 1 amide bonds. The number of amides is 1. The van der Waals surface area contributed by atoms with Gasteiger partial charge in [0.25, 0.3) is 5.91 Å². The third-order valence-corrected chi connectivity index (χ3v) is 6.67. The first-order valence-electron chi connectivity index (χ1n) is 9.56. The van der Waals surface area contributed by atoms with E-state index in [0.717, 1.165) is 42.9 Å². The fourth-order valence-electron chi connectivity index (χ4n) is 4.16. The van der Waals surface area contributed by atoms with E-state index < -0.39 is 0 Å². The zero-order valence-corrected chi connectivity index (χ0v) is 16.3. The van der Waals surface area contributed by atoms with Gasteiger partial charge in [-0.3, -0.25) is 9.69 Å². The van der Waals surface area contributed by atoms with Crippen LogP contribution in [0.25, 0.3) is 11.3 Å². The lowest BCUT2D eigenvalue weighted by atomic mass is 10.0. The summed E-state index contributed by atoms with van der Waals surface area (Å²) in [6, 6.07) is 15.0. The molecule has 0 spiro atoms. The van der Waals surface area contributed by atoms with Crippen molar-refractivity contribution in [3.8, 4) is 11.3 Å². The predicted octanol–water partition coefficient (Wildman–Crippen LogP) is 3.35. The number of benzene rings is 1. The van der Waals surface area contributed by atoms with Crippen LogP contribution in [0.1, 0.15) is 23.3 Å². The van der Waals surface area contributed by atoms with Crippen molar-refractivity contribution in [1.82, 2.24) is 14.4 Å². The molecule has 1 aromatic carbocycles. The minimum atomic E-state index is 0.169. The number of carbonyl (C=O) groups excluding carboxylic acids is 1. The van der Waals surface area contributed by atoms with Crippen LogP contribution in [0.4, 0.5) is 0 Å². The molecule has 0 bridgehead atoms. The van der Waals surface area contributed by atoms with Gasteiger partial charge in [-0.1, -0.05) is 30.3 Å². The van der Waals surface area contributed by atoms with Crippen molar-refractivity contribution < 1.29 is 4.79 Å². The molecule has 2 aliphatic rings. The lowest BCUT2D eigenvalue weighted by molar-refractivity contribution is 0.0622. The number of piperidine rings is 1. The van der Waals surface area contributed by atoms with E-state index in [9.17, 15) is 4.79 Å². The monoisotopic (exact) mass is 369 g/mol. The number of hydrogen-bond donors (Lipinski definition) is 0. The zero-order valence-electron chi connectivity index (χ0n) is 15.4. The summed E-state index contributed by atoms with van der Waals surface area (Å²) >= 11 is 2.06. The van der Waals surface area contributed by atoms with Crippen molar-refractivity contribution in [1.29, 1.82) is 0 Å². The number of likely N-dealkylation sites (tertiary alicyclic amines) is 1. The Kier molecular flexibility index (Phi) is 5.36. The molecule has 4 rings (SSSR count). The number of rotatable bonds is 3. The summed E-state index contributed by atoms with van der Waals surface area (Å²) in [5.41, 5.74) is 3.03. The first kappa shape index (κ1) is 17.7. The van der Waals surface area contributed by atoms with E-state index in [-0.39, 0.29) is 5.91 Å². The van der Waals surface area contributed by atoms with E-state index in [1.165, 1.54) is 24.6 Å². The van der Waals surface area contributed by atoms with Crippen LogP contribution < -0.4 is 0 Å².